The van der Waals surface area contributed by atoms with E-state index in [1.54, 1.807) is 54.7 Å². The van der Waals surface area contributed by atoms with Gasteiger partial charge in [-0.25, -0.2) is 8.42 Å². The molecule has 3 rings (SSSR count). The normalized spacial score (nSPS) is 11.0. The molecule has 0 unspecified atom stereocenters. The van der Waals surface area contributed by atoms with E-state index in [2.05, 4.69) is 5.10 Å². The van der Waals surface area contributed by atoms with Crippen molar-refractivity contribution in [2.24, 2.45) is 0 Å². The van der Waals surface area contributed by atoms with E-state index in [-0.39, 0.29) is 17.1 Å². The lowest BCUT2D eigenvalue weighted by Gasteiger charge is -2.13. The summed E-state index contributed by atoms with van der Waals surface area (Å²) in [5, 5.41) is 4.77. The second-order valence-corrected chi connectivity index (χ2v) is 7.54. The van der Waals surface area contributed by atoms with Crippen LogP contribution in [0.4, 0.5) is 0 Å². The first-order valence-electron chi connectivity index (χ1n) is 8.71. The Morgan fingerprint density at radius 3 is 2.54 bits per heavy atom. The number of halogens is 1. The van der Waals surface area contributed by atoms with Gasteiger partial charge in [0.25, 0.3) is 0 Å². The third kappa shape index (κ3) is 4.61. The lowest BCUT2D eigenvalue weighted by molar-refractivity contribution is 0.312. The highest BCUT2D eigenvalue weighted by Crippen LogP contribution is 2.27. The van der Waals surface area contributed by atoms with Crippen molar-refractivity contribution in [1.82, 2.24) is 9.78 Å². The maximum atomic E-state index is 13.0. The molecule has 0 radical (unpaired) electrons. The monoisotopic (exact) mass is 418 g/mol. The molecule has 0 bridgehead atoms. The molecule has 1 aromatic heterocycles. The number of rotatable bonds is 7. The first-order valence-corrected chi connectivity index (χ1v) is 10.5. The molecule has 8 heteroatoms. The second kappa shape index (κ2) is 9.03. The standard InChI is InChI=1S/C20H19ClN2O4S/c1-2-10-27-19-18(15-8-6-14(7-9-15)13-28(25)26)12-22-23(20(19)24)17-5-3-4-16(21)11-17/h3-9,11-12,28H,2,10,13H2,1H3. The quantitative estimate of drug-likeness (QED) is 0.594. The van der Waals surface area contributed by atoms with E-state index >= 15 is 0 Å². The Morgan fingerprint density at radius 2 is 1.89 bits per heavy atom. The molecular formula is C20H19ClN2O4S. The van der Waals surface area contributed by atoms with Crippen molar-refractivity contribution in [3.05, 3.63) is 75.7 Å². The van der Waals surface area contributed by atoms with E-state index in [4.69, 9.17) is 16.3 Å². The lowest BCUT2D eigenvalue weighted by atomic mass is 10.1. The molecule has 0 spiro atoms. The summed E-state index contributed by atoms with van der Waals surface area (Å²) in [7, 11) is -2.49. The van der Waals surface area contributed by atoms with Crippen molar-refractivity contribution >= 4 is 22.3 Å². The number of ether oxygens (including phenoxy) is 1. The van der Waals surface area contributed by atoms with Crippen LogP contribution in [0.1, 0.15) is 18.9 Å². The summed E-state index contributed by atoms with van der Waals surface area (Å²) in [5.74, 6) is 0.170. The highest BCUT2D eigenvalue weighted by Gasteiger charge is 2.16. The SMILES string of the molecule is CCCOc1c(-c2ccc(C[SH](=O)=O)cc2)cnn(-c2cccc(Cl)c2)c1=O. The first kappa shape index (κ1) is 20.1. The Hall–Kier alpha value is -2.64. The number of benzene rings is 2. The van der Waals surface area contributed by atoms with Crippen LogP contribution in [-0.4, -0.2) is 24.8 Å². The molecular weight excluding hydrogens is 400 g/mol. The topological polar surface area (TPSA) is 78.3 Å². The van der Waals surface area contributed by atoms with Crippen LogP contribution in [0.3, 0.4) is 0 Å². The van der Waals surface area contributed by atoms with E-state index in [1.165, 1.54) is 4.68 Å². The molecule has 0 amide bonds. The Kier molecular flexibility index (Phi) is 6.49. The first-order chi connectivity index (χ1) is 13.5. The fourth-order valence-electron chi connectivity index (χ4n) is 2.72. The third-order valence-electron chi connectivity index (χ3n) is 4.01. The van der Waals surface area contributed by atoms with Crippen LogP contribution in [0.2, 0.25) is 5.02 Å². The van der Waals surface area contributed by atoms with Gasteiger partial charge in [0.1, 0.15) is 10.7 Å². The molecule has 146 valence electrons. The predicted octanol–water partition coefficient (Wildman–Crippen LogP) is 3.45. The molecule has 0 saturated carbocycles. The smallest absolute Gasteiger partial charge is 0.314 e. The van der Waals surface area contributed by atoms with Gasteiger partial charge in [0, 0.05) is 10.6 Å². The summed E-state index contributed by atoms with van der Waals surface area (Å²) >= 11 is 6.03. The fraction of sp³-hybridized carbons (Fsp3) is 0.200. The van der Waals surface area contributed by atoms with Crippen molar-refractivity contribution in [3.8, 4) is 22.6 Å². The number of nitrogens with zero attached hydrogens (tertiary/aromatic N) is 2. The summed E-state index contributed by atoms with van der Waals surface area (Å²) < 4.78 is 28.8. The average Bonchev–Trinajstić information content (AvgIpc) is 2.67. The van der Waals surface area contributed by atoms with Gasteiger partial charge in [0.2, 0.25) is 0 Å². The molecule has 2 aromatic carbocycles. The van der Waals surface area contributed by atoms with Crippen molar-refractivity contribution in [1.29, 1.82) is 0 Å². The van der Waals surface area contributed by atoms with Crippen molar-refractivity contribution in [3.63, 3.8) is 0 Å². The summed E-state index contributed by atoms with van der Waals surface area (Å²) in [6.45, 7) is 2.34. The zero-order chi connectivity index (χ0) is 20.1. The minimum Gasteiger partial charge on any atom is -0.487 e. The van der Waals surface area contributed by atoms with Crippen LogP contribution >= 0.6 is 11.6 Å². The summed E-state index contributed by atoms with van der Waals surface area (Å²) in [6, 6.07) is 13.8. The molecule has 0 aliphatic rings. The van der Waals surface area contributed by atoms with Crippen molar-refractivity contribution < 1.29 is 13.2 Å². The van der Waals surface area contributed by atoms with Gasteiger partial charge >= 0.3 is 5.56 Å². The Balaban J connectivity index is 2.08. The van der Waals surface area contributed by atoms with Crippen LogP contribution < -0.4 is 10.3 Å². The largest absolute Gasteiger partial charge is 0.487 e. The molecule has 0 atom stereocenters. The van der Waals surface area contributed by atoms with Gasteiger partial charge in [-0.3, -0.25) is 4.79 Å². The van der Waals surface area contributed by atoms with E-state index < -0.39 is 10.7 Å². The van der Waals surface area contributed by atoms with Crippen LogP contribution in [0.15, 0.2) is 59.5 Å². The molecule has 3 aromatic rings. The second-order valence-electron chi connectivity index (χ2n) is 6.12. The number of hydrogen-bond acceptors (Lipinski definition) is 5. The minimum atomic E-state index is -2.49. The van der Waals surface area contributed by atoms with Crippen LogP contribution in [0.25, 0.3) is 16.8 Å². The summed E-state index contributed by atoms with van der Waals surface area (Å²) in [4.78, 5) is 13.0. The summed E-state index contributed by atoms with van der Waals surface area (Å²) in [5.41, 5.74) is 2.10. The average molecular weight is 419 g/mol. The summed E-state index contributed by atoms with van der Waals surface area (Å²) in [6.07, 6.45) is 2.31. The third-order valence-corrected chi connectivity index (χ3v) is 4.87. The fourth-order valence-corrected chi connectivity index (χ4v) is 3.41. The van der Waals surface area contributed by atoms with E-state index in [0.717, 1.165) is 12.0 Å². The van der Waals surface area contributed by atoms with E-state index in [1.807, 2.05) is 6.92 Å². The van der Waals surface area contributed by atoms with Crippen molar-refractivity contribution in [2.45, 2.75) is 19.1 Å². The molecule has 0 fully saturated rings. The van der Waals surface area contributed by atoms with Crippen LogP contribution in [0, 0.1) is 0 Å². The van der Waals surface area contributed by atoms with Gasteiger partial charge in [-0.1, -0.05) is 48.9 Å². The molecule has 28 heavy (non-hydrogen) atoms. The van der Waals surface area contributed by atoms with Gasteiger partial charge in [-0.15, -0.1) is 0 Å². The van der Waals surface area contributed by atoms with Gasteiger partial charge in [0.05, 0.1) is 24.2 Å². The molecule has 0 saturated heterocycles. The highest BCUT2D eigenvalue weighted by atomic mass is 35.5. The molecule has 6 nitrogen and oxygen atoms in total. The van der Waals surface area contributed by atoms with E-state index in [0.29, 0.717) is 28.4 Å². The van der Waals surface area contributed by atoms with Gasteiger partial charge in [-0.2, -0.15) is 9.78 Å². The zero-order valence-corrected chi connectivity index (χ0v) is 16.8. The predicted molar refractivity (Wildman–Crippen MR) is 110 cm³/mol. The number of thiol groups is 1. The highest BCUT2D eigenvalue weighted by molar-refractivity contribution is 7.71. The van der Waals surface area contributed by atoms with Crippen LogP contribution in [0.5, 0.6) is 5.75 Å². The van der Waals surface area contributed by atoms with Gasteiger partial charge < -0.3 is 4.74 Å². The number of hydrogen-bond donors (Lipinski definition) is 1. The lowest BCUT2D eigenvalue weighted by Crippen LogP contribution is -2.24. The maximum Gasteiger partial charge on any atom is 0.314 e. The zero-order valence-electron chi connectivity index (χ0n) is 15.2. The molecule has 0 N–H and O–H groups in total. The Bertz CT molecular complexity index is 1100. The molecule has 0 aliphatic heterocycles. The Labute approximate surface area is 169 Å². The molecule has 1 heterocycles. The minimum absolute atomic E-state index is 0.0244. The van der Waals surface area contributed by atoms with Crippen molar-refractivity contribution in [2.75, 3.05) is 6.61 Å². The number of aromatic nitrogens is 2. The van der Waals surface area contributed by atoms with Crippen LogP contribution in [-0.2, 0) is 16.5 Å². The van der Waals surface area contributed by atoms with Gasteiger partial charge in [0.15, 0.2) is 5.75 Å². The maximum absolute atomic E-state index is 13.0. The van der Waals surface area contributed by atoms with Gasteiger partial charge in [-0.05, 0) is 35.7 Å². The van der Waals surface area contributed by atoms with E-state index in [9.17, 15) is 13.2 Å². The molecule has 0 aliphatic carbocycles. The Morgan fingerprint density at radius 1 is 1.14 bits per heavy atom.